The molecular formula is C23H17NO3. The molecule has 0 aromatic heterocycles. The summed E-state index contributed by atoms with van der Waals surface area (Å²) in [5.74, 6) is -1.29. The van der Waals surface area contributed by atoms with Crippen molar-refractivity contribution < 1.29 is 14.7 Å². The maximum atomic E-state index is 13.0. The second kappa shape index (κ2) is 7.00. The molecule has 0 fully saturated rings. The lowest BCUT2D eigenvalue weighted by atomic mass is 9.93. The fourth-order valence-corrected chi connectivity index (χ4v) is 3.42. The van der Waals surface area contributed by atoms with E-state index in [1.165, 1.54) is 0 Å². The Kier molecular flexibility index (Phi) is 4.38. The van der Waals surface area contributed by atoms with Crippen molar-refractivity contribution in [3.63, 3.8) is 0 Å². The Morgan fingerprint density at radius 1 is 0.852 bits per heavy atom. The van der Waals surface area contributed by atoms with Crippen molar-refractivity contribution >= 4 is 17.5 Å². The lowest BCUT2D eigenvalue weighted by molar-refractivity contribution is 0.0696. The van der Waals surface area contributed by atoms with Crippen molar-refractivity contribution in [1.82, 2.24) is 0 Å². The van der Waals surface area contributed by atoms with Crippen LogP contribution in [0.5, 0.6) is 0 Å². The molecule has 0 spiro atoms. The molecule has 0 saturated carbocycles. The molecule has 1 aliphatic carbocycles. The number of nitrogens with zero attached hydrogens (tertiary/aromatic N) is 1. The normalized spacial score (nSPS) is 17.1. The van der Waals surface area contributed by atoms with E-state index in [9.17, 15) is 9.59 Å². The Labute approximate surface area is 156 Å². The largest absolute Gasteiger partial charge is 0.478 e. The summed E-state index contributed by atoms with van der Waals surface area (Å²) in [4.78, 5) is 28.7. The average Bonchev–Trinajstić information content (AvgIpc) is 2.99. The van der Waals surface area contributed by atoms with E-state index in [1.54, 1.807) is 24.3 Å². The maximum Gasteiger partial charge on any atom is 0.335 e. The first-order valence-electron chi connectivity index (χ1n) is 8.70. The van der Waals surface area contributed by atoms with Crippen LogP contribution in [0.2, 0.25) is 0 Å². The summed E-state index contributed by atoms with van der Waals surface area (Å²) >= 11 is 0. The summed E-state index contributed by atoms with van der Waals surface area (Å²) in [5, 5.41) is 9.01. The van der Waals surface area contributed by atoms with Gasteiger partial charge in [0.2, 0.25) is 0 Å². The Balaban J connectivity index is 1.72. The zero-order chi connectivity index (χ0) is 18.8. The second-order valence-corrected chi connectivity index (χ2v) is 6.46. The predicted molar refractivity (Wildman–Crippen MR) is 104 cm³/mol. The summed E-state index contributed by atoms with van der Waals surface area (Å²) in [5.41, 5.74) is 4.42. The van der Waals surface area contributed by atoms with E-state index in [0.29, 0.717) is 12.1 Å². The number of hydrogen-bond acceptors (Lipinski definition) is 3. The van der Waals surface area contributed by atoms with Gasteiger partial charge in [0.05, 0.1) is 23.7 Å². The van der Waals surface area contributed by atoms with E-state index in [0.717, 1.165) is 22.4 Å². The molecule has 1 atom stereocenters. The quantitative estimate of drug-likeness (QED) is 0.756. The Morgan fingerprint density at radius 2 is 1.48 bits per heavy atom. The van der Waals surface area contributed by atoms with Gasteiger partial charge < -0.3 is 5.11 Å². The average molecular weight is 355 g/mol. The lowest BCUT2D eigenvalue weighted by Gasteiger charge is -2.11. The third kappa shape index (κ3) is 3.17. The first kappa shape index (κ1) is 16.9. The molecule has 0 unspecified atom stereocenters. The molecule has 0 aliphatic heterocycles. The van der Waals surface area contributed by atoms with Crippen molar-refractivity contribution in [3.05, 3.63) is 107 Å². The van der Waals surface area contributed by atoms with E-state index in [2.05, 4.69) is 0 Å². The molecule has 4 rings (SSSR count). The van der Waals surface area contributed by atoms with Crippen LogP contribution in [0.25, 0.3) is 0 Å². The maximum absolute atomic E-state index is 13.0. The van der Waals surface area contributed by atoms with Crippen molar-refractivity contribution in [2.24, 2.45) is 4.99 Å². The number of carboxylic acids is 1. The minimum Gasteiger partial charge on any atom is -0.478 e. The van der Waals surface area contributed by atoms with Gasteiger partial charge in [-0.3, -0.25) is 9.79 Å². The van der Waals surface area contributed by atoms with Crippen LogP contribution in [0.15, 0.2) is 83.9 Å². The number of benzene rings is 3. The van der Waals surface area contributed by atoms with Gasteiger partial charge in [-0.15, -0.1) is 0 Å². The first-order valence-corrected chi connectivity index (χ1v) is 8.70. The van der Waals surface area contributed by atoms with Gasteiger partial charge in [0, 0.05) is 11.1 Å². The van der Waals surface area contributed by atoms with Crippen LogP contribution in [-0.4, -0.2) is 22.6 Å². The van der Waals surface area contributed by atoms with Crippen molar-refractivity contribution in [2.45, 2.75) is 12.5 Å². The molecule has 3 aromatic carbocycles. The van der Waals surface area contributed by atoms with Gasteiger partial charge in [-0.1, -0.05) is 66.7 Å². The fraction of sp³-hybridized carbons (Fsp3) is 0.0870. The highest BCUT2D eigenvalue weighted by molar-refractivity contribution is 6.31. The van der Waals surface area contributed by atoms with Crippen LogP contribution >= 0.6 is 0 Å². The molecule has 0 radical (unpaired) electrons. The molecule has 4 nitrogen and oxygen atoms in total. The Morgan fingerprint density at radius 3 is 2.15 bits per heavy atom. The molecule has 132 valence electrons. The molecule has 0 amide bonds. The first-order chi connectivity index (χ1) is 13.1. The Hall–Kier alpha value is -3.53. The minimum atomic E-state index is -0.952. The molecular weight excluding hydrogens is 338 g/mol. The highest BCUT2D eigenvalue weighted by Crippen LogP contribution is 2.34. The zero-order valence-corrected chi connectivity index (χ0v) is 14.5. The standard InChI is InChI=1S/C23H17NO3/c25-22-19-9-5-4-8-18(19)21(20(22)16-6-2-1-3-7-16)24-14-15-10-12-17(13-11-15)23(26)27/h1-13,20H,14H2,(H,26,27)/t20-/m1/s1. The molecule has 4 heteroatoms. The van der Waals surface area contributed by atoms with Gasteiger partial charge in [-0.25, -0.2) is 4.79 Å². The highest BCUT2D eigenvalue weighted by atomic mass is 16.4. The smallest absolute Gasteiger partial charge is 0.335 e. The number of carboxylic acid groups (broad SMARTS) is 1. The van der Waals surface area contributed by atoms with Crippen molar-refractivity contribution in [2.75, 3.05) is 0 Å². The summed E-state index contributed by atoms with van der Waals surface area (Å²) < 4.78 is 0. The number of Topliss-reactive ketones (excluding diaryl/α,β-unsaturated/α-hetero) is 1. The topological polar surface area (TPSA) is 66.7 Å². The van der Waals surface area contributed by atoms with E-state index in [4.69, 9.17) is 10.1 Å². The van der Waals surface area contributed by atoms with E-state index in [1.807, 2.05) is 54.6 Å². The molecule has 3 aromatic rings. The lowest BCUT2D eigenvalue weighted by Crippen LogP contribution is -2.14. The number of fused-ring (bicyclic) bond motifs is 1. The number of aromatic carboxylic acids is 1. The van der Waals surface area contributed by atoms with Gasteiger partial charge in [0.15, 0.2) is 5.78 Å². The number of hydrogen-bond donors (Lipinski definition) is 1. The molecule has 0 saturated heterocycles. The number of aliphatic imine (C=N–C) groups is 1. The van der Waals surface area contributed by atoms with Gasteiger partial charge >= 0.3 is 5.97 Å². The monoisotopic (exact) mass is 355 g/mol. The number of carbonyl (C=O) groups is 2. The van der Waals surface area contributed by atoms with E-state index < -0.39 is 11.9 Å². The Bertz CT molecular complexity index is 1040. The summed E-state index contributed by atoms with van der Waals surface area (Å²) in [6.07, 6.45) is 0. The molecule has 27 heavy (non-hydrogen) atoms. The van der Waals surface area contributed by atoms with Crippen LogP contribution in [0.1, 0.15) is 43.3 Å². The van der Waals surface area contributed by atoms with Crippen LogP contribution in [0.4, 0.5) is 0 Å². The molecule has 0 bridgehead atoms. The molecule has 0 heterocycles. The van der Waals surface area contributed by atoms with Gasteiger partial charge in [0.1, 0.15) is 0 Å². The van der Waals surface area contributed by atoms with Crippen LogP contribution in [-0.2, 0) is 6.54 Å². The predicted octanol–water partition coefficient (Wildman–Crippen LogP) is 4.35. The fourth-order valence-electron chi connectivity index (χ4n) is 3.42. The highest BCUT2D eigenvalue weighted by Gasteiger charge is 2.37. The zero-order valence-electron chi connectivity index (χ0n) is 14.5. The summed E-state index contributed by atoms with van der Waals surface area (Å²) in [7, 11) is 0. The van der Waals surface area contributed by atoms with Gasteiger partial charge in [0.25, 0.3) is 0 Å². The van der Waals surface area contributed by atoms with Crippen LogP contribution < -0.4 is 0 Å². The minimum absolute atomic E-state index is 0.0665. The third-order valence-corrected chi connectivity index (χ3v) is 4.77. The number of ketones is 1. The number of rotatable bonds is 4. The van der Waals surface area contributed by atoms with Gasteiger partial charge in [-0.05, 0) is 23.3 Å². The van der Waals surface area contributed by atoms with Crippen LogP contribution in [0, 0.1) is 0 Å². The van der Waals surface area contributed by atoms with Crippen molar-refractivity contribution in [1.29, 1.82) is 0 Å². The van der Waals surface area contributed by atoms with Crippen molar-refractivity contribution in [3.8, 4) is 0 Å². The summed E-state index contributed by atoms with van der Waals surface area (Å²) in [6, 6.07) is 23.9. The van der Waals surface area contributed by atoms with Gasteiger partial charge in [-0.2, -0.15) is 0 Å². The summed E-state index contributed by atoms with van der Waals surface area (Å²) in [6.45, 7) is 0.389. The number of carbonyl (C=O) groups excluding carboxylic acids is 1. The molecule has 1 N–H and O–H groups in total. The second-order valence-electron chi connectivity index (χ2n) is 6.46. The SMILES string of the molecule is O=C(O)c1ccc(CN=C2c3ccccc3C(=O)[C@@H]2c2ccccc2)cc1. The molecule has 1 aliphatic rings. The third-order valence-electron chi connectivity index (χ3n) is 4.77. The van der Waals surface area contributed by atoms with Crippen LogP contribution in [0.3, 0.4) is 0 Å². The van der Waals surface area contributed by atoms with E-state index >= 15 is 0 Å². The van der Waals surface area contributed by atoms with E-state index in [-0.39, 0.29) is 11.3 Å².